The number of hydrogen-bond donors (Lipinski definition) is 2. The molecule has 2 amide bonds. The van der Waals surface area contributed by atoms with Crippen LogP contribution in [0.4, 0.5) is 14.3 Å². The summed E-state index contributed by atoms with van der Waals surface area (Å²) in [7, 11) is 0. The zero-order valence-electron chi connectivity index (χ0n) is 8.98. The molecule has 0 aliphatic heterocycles. The smallest absolute Gasteiger partial charge is 0.321 e. The molecule has 0 atom stereocenters. The molecule has 0 aliphatic carbocycles. The number of nitrogens with one attached hydrogen (secondary N) is 2. The second kappa shape index (κ2) is 5.87. The van der Waals surface area contributed by atoms with Gasteiger partial charge in [-0.2, -0.15) is 0 Å². The third-order valence-electron chi connectivity index (χ3n) is 2.03. The number of carbonyl (C=O) groups excluding carboxylic acids is 1. The summed E-state index contributed by atoms with van der Waals surface area (Å²) in [5.74, 6) is -0.366. The second-order valence-corrected chi connectivity index (χ2v) is 5.04. The number of benzene rings is 1. The topological polar surface area (TPSA) is 66.9 Å². The quantitative estimate of drug-likeness (QED) is 0.909. The van der Waals surface area contributed by atoms with Gasteiger partial charge in [0.1, 0.15) is 11.3 Å². The van der Waals surface area contributed by atoms with Crippen LogP contribution in [0, 0.1) is 5.82 Å². The molecule has 0 saturated heterocycles. The number of rotatable bonds is 3. The van der Waals surface area contributed by atoms with Crippen molar-refractivity contribution in [2.75, 3.05) is 5.32 Å². The van der Waals surface area contributed by atoms with Crippen LogP contribution in [0.1, 0.15) is 5.56 Å². The van der Waals surface area contributed by atoms with E-state index in [0.29, 0.717) is 10.7 Å². The van der Waals surface area contributed by atoms with Gasteiger partial charge >= 0.3 is 6.03 Å². The van der Waals surface area contributed by atoms with E-state index in [2.05, 4.69) is 36.8 Å². The lowest BCUT2D eigenvalue weighted by molar-refractivity contribution is 0.251. The minimum absolute atomic E-state index is 0.0932. The Morgan fingerprint density at radius 3 is 3.06 bits per heavy atom. The molecular formula is C10H8BrFN4OS. The van der Waals surface area contributed by atoms with E-state index in [0.717, 1.165) is 4.47 Å². The molecule has 1 aromatic carbocycles. The van der Waals surface area contributed by atoms with E-state index in [1.807, 2.05) is 0 Å². The molecule has 1 heterocycles. The third kappa shape index (κ3) is 3.47. The molecule has 2 N–H and O–H groups in total. The van der Waals surface area contributed by atoms with Crippen molar-refractivity contribution >= 4 is 38.4 Å². The van der Waals surface area contributed by atoms with Crippen LogP contribution in [-0.2, 0) is 6.54 Å². The van der Waals surface area contributed by atoms with Gasteiger partial charge in [-0.05, 0) is 18.2 Å². The molecule has 1 aromatic heterocycles. The summed E-state index contributed by atoms with van der Waals surface area (Å²) < 4.78 is 14.1. The van der Waals surface area contributed by atoms with Gasteiger partial charge in [-0.1, -0.05) is 27.3 Å². The van der Waals surface area contributed by atoms with Gasteiger partial charge in [0, 0.05) is 16.6 Å². The van der Waals surface area contributed by atoms with Crippen molar-refractivity contribution in [1.82, 2.24) is 15.5 Å². The molecule has 0 spiro atoms. The fourth-order valence-corrected chi connectivity index (χ4v) is 2.07. The summed E-state index contributed by atoms with van der Waals surface area (Å²) in [6.07, 6.45) is 0. The van der Waals surface area contributed by atoms with Gasteiger partial charge in [-0.25, -0.2) is 9.18 Å². The van der Waals surface area contributed by atoms with Crippen LogP contribution < -0.4 is 10.6 Å². The highest BCUT2D eigenvalue weighted by Gasteiger charge is 2.07. The highest BCUT2D eigenvalue weighted by Crippen LogP contribution is 2.15. The van der Waals surface area contributed by atoms with Crippen molar-refractivity contribution in [3.05, 3.63) is 39.6 Å². The highest BCUT2D eigenvalue weighted by molar-refractivity contribution is 9.10. The Morgan fingerprint density at radius 2 is 2.33 bits per heavy atom. The van der Waals surface area contributed by atoms with Crippen LogP contribution in [-0.4, -0.2) is 16.2 Å². The Balaban J connectivity index is 1.91. The number of urea groups is 1. The first-order chi connectivity index (χ1) is 8.65. The number of nitrogens with zero attached hydrogens (tertiary/aromatic N) is 2. The monoisotopic (exact) mass is 330 g/mol. The van der Waals surface area contributed by atoms with Gasteiger partial charge in [0.05, 0.1) is 0 Å². The van der Waals surface area contributed by atoms with Crippen molar-refractivity contribution in [1.29, 1.82) is 0 Å². The zero-order chi connectivity index (χ0) is 13.0. The van der Waals surface area contributed by atoms with E-state index in [-0.39, 0.29) is 12.4 Å². The molecule has 94 valence electrons. The average Bonchev–Trinajstić information content (AvgIpc) is 2.83. The lowest BCUT2D eigenvalue weighted by atomic mass is 10.2. The third-order valence-corrected chi connectivity index (χ3v) is 3.13. The number of amides is 2. The number of halogens is 2. The standard InChI is InChI=1S/C10H8BrFN4OS/c11-7-1-2-8(12)6(3-7)4-13-9(17)15-10-16-14-5-18-10/h1-3,5H,4H2,(H2,13,15,16,17). The van der Waals surface area contributed by atoms with Crippen molar-refractivity contribution in [2.45, 2.75) is 6.54 Å². The van der Waals surface area contributed by atoms with E-state index in [1.54, 1.807) is 12.1 Å². The Bertz CT molecular complexity index is 549. The van der Waals surface area contributed by atoms with Crippen molar-refractivity contribution < 1.29 is 9.18 Å². The maximum absolute atomic E-state index is 13.4. The van der Waals surface area contributed by atoms with Crippen molar-refractivity contribution in [3.8, 4) is 0 Å². The van der Waals surface area contributed by atoms with Crippen molar-refractivity contribution in [2.24, 2.45) is 0 Å². The van der Waals surface area contributed by atoms with E-state index in [1.165, 1.54) is 22.9 Å². The summed E-state index contributed by atoms with van der Waals surface area (Å²) >= 11 is 4.44. The molecule has 0 fully saturated rings. The number of hydrogen-bond acceptors (Lipinski definition) is 4. The van der Waals surface area contributed by atoms with Crippen LogP contribution in [0.3, 0.4) is 0 Å². The molecule has 0 saturated carbocycles. The van der Waals surface area contributed by atoms with Gasteiger partial charge in [-0.3, -0.25) is 5.32 Å². The predicted octanol–water partition coefficient (Wildman–Crippen LogP) is 2.76. The molecule has 0 radical (unpaired) electrons. The second-order valence-electron chi connectivity index (χ2n) is 3.29. The van der Waals surface area contributed by atoms with E-state index >= 15 is 0 Å². The molecule has 0 aliphatic rings. The Labute approximate surface area is 115 Å². The minimum atomic E-state index is -0.453. The maximum Gasteiger partial charge on any atom is 0.321 e. The van der Waals surface area contributed by atoms with Crippen LogP contribution in [0.15, 0.2) is 28.2 Å². The fourth-order valence-electron chi connectivity index (χ4n) is 1.22. The molecule has 5 nitrogen and oxygen atoms in total. The highest BCUT2D eigenvalue weighted by atomic mass is 79.9. The number of aromatic nitrogens is 2. The summed E-state index contributed by atoms with van der Waals surface area (Å²) in [5, 5.41) is 12.6. The van der Waals surface area contributed by atoms with Gasteiger partial charge in [-0.15, -0.1) is 10.2 Å². The van der Waals surface area contributed by atoms with Crippen LogP contribution >= 0.6 is 27.3 Å². The van der Waals surface area contributed by atoms with Gasteiger partial charge < -0.3 is 5.32 Å². The van der Waals surface area contributed by atoms with Gasteiger partial charge in [0.15, 0.2) is 0 Å². The molecule has 2 aromatic rings. The van der Waals surface area contributed by atoms with Gasteiger partial charge in [0.2, 0.25) is 5.13 Å². The summed E-state index contributed by atoms with van der Waals surface area (Å²) in [6.45, 7) is 0.0932. The summed E-state index contributed by atoms with van der Waals surface area (Å²) in [5.41, 5.74) is 1.90. The predicted molar refractivity (Wildman–Crippen MR) is 69.9 cm³/mol. The number of anilines is 1. The first-order valence-corrected chi connectivity index (χ1v) is 6.57. The molecule has 2 rings (SSSR count). The SMILES string of the molecule is O=C(NCc1cc(Br)ccc1F)Nc1nncs1. The van der Waals surface area contributed by atoms with Crippen LogP contribution in [0.25, 0.3) is 0 Å². The molecule has 18 heavy (non-hydrogen) atoms. The van der Waals surface area contributed by atoms with Crippen molar-refractivity contribution in [3.63, 3.8) is 0 Å². The summed E-state index contributed by atoms with van der Waals surface area (Å²) in [6, 6.07) is 4.09. The van der Waals surface area contributed by atoms with Crippen LogP contribution in [0.5, 0.6) is 0 Å². The molecule has 0 unspecified atom stereocenters. The average molecular weight is 331 g/mol. The lowest BCUT2D eigenvalue weighted by Crippen LogP contribution is -2.28. The Morgan fingerprint density at radius 1 is 1.50 bits per heavy atom. The maximum atomic E-state index is 13.4. The zero-order valence-corrected chi connectivity index (χ0v) is 11.4. The first-order valence-electron chi connectivity index (χ1n) is 4.90. The van der Waals surface area contributed by atoms with E-state index in [4.69, 9.17) is 0 Å². The first kappa shape index (κ1) is 12.9. The Hall–Kier alpha value is -1.54. The van der Waals surface area contributed by atoms with E-state index < -0.39 is 6.03 Å². The molecular weight excluding hydrogens is 323 g/mol. The van der Waals surface area contributed by atoms with E-state index in [9.17, 15) is 9.18 Å². The lowest BCUT2D eigenvalue weighted by Gasteiger charge is -2.06. The normalized spacial score (nSPS) is 10.1. The molecule has 0 bridgehead atoms. The largest absolute Gasteiger partial charge is 0.334 e. The molecule has 8 heteroatoms. The van der Waals surface area contributed by atoms with Crippen LogP contribution in [0.2, 0.25) is 0 Å². The number of carbonyl (C=O) groups is 1. The summed E-state index contributed by atoms with van der Waals surface area (Å²) in [4.78, 5) is 11.5. The Kier molecular flexibility index (Phi) is 4.21. The minimum Gasteiger partial charge on any atom is -0.334 e. The van der Waals surface area contributed by atoms with Gasteiger partial charge in [0.25, 0.3) is 0 Å². The fraction of sp³-hybridized carbons (Fsp3) is 0.100.